The summed E-state index contributed by atoms with van der Waals surface area (Å²) in [6.45, 7) is -0.709. The van der Waals surface area contributed by atoms with Gasteiger partial charge in [-0.3, -0.25) is 4.79 Å². The number of rotatable bonds is 9. The molecule has 0 aromatic rings. The van der Waals surface area contributed by atoms with Crippen molar-refractivity contribution in [3.05, 3.63) is 0 Å². The molecular weight excluding hydrogens is 268 g/mol. The van der Waals surface area contributed by atoms with Gasteiger partial charge in [-0.25, -0.2) is 14.4 Å². The van der Waals surface area contributed by atoms with E-state index in [2.05, 4.69) is 4.74 Å². The number of ether oxygens (including phenoxy) is 1. The summed E-state index contributed by atoms with van der Waals surface area (Å²) < 4.78 is 4.43. The molecule has 0 heterocycles. The number of hydrogen-bond acceptors (Lipinski definition) is 6. The number of aliphatic hydroxyl groups is 1. The molecular formula is C9H12O10. The summed E-state index contributed by atoms with van der Waals surface area (Å²) in [5.74, 6) is -7.80. The fraction of sp³-hybridized carbons (Fsp3) is 0.556. The molecule has 19 heavy (non-hydrogen) atoms. The molecule has 0 amide bonds. The summed E-state index contributed by atoms with van der Waals surface area (Å²) in [5, 5.41) is 43.4. The van der Waals surface area contributed by atoms with E-state index in [0.717, 1.165) is 0 Å². The molecule has 0 rings (SSSR count). The summed E-state index contributed by atoms with van der Waals surface area (Å²) in [6, 6.07) is 0. The molecule has 0 aliphatic carbocycles. The van der Waals surface area contributed by atoms with Crippen molar-refractivity contribution in [1.29, 1.82) is 0 Å². The maximum Gasteiger partial charge on any atom is 0.348 e. The van der Waals surface area contributed by atoms with Crippen molar-refractivity contribution in [2.24, 2.45) is 0 Å². The number of hydrogen-bond donors (Lipinski definition) is 5. The Kier molecular flexibility index (Phi) is 5.89. The van der Waals surface area contributed by atoms with Gasteiger partial charge in [0.1, 0.15) is 0 Å². The SMILES string of the molecule is O=C(O)CC(OC(CCO)C(=O)O)(C(=O)O)C(=O)O. The quantitative estimate of drug-likeness (QED) is 0.303. The number of aliphatic carboxylic acids is 4. The van der Waals surface area contributed by atoms with Crippen LogP contribution in [0.4, 0.5) is 0 Å². The molecule has 0 aliphatic rings. The van der Waals surface area contributed by atoms with Gasteiger partial charge in [-0.15, -0.1) is 0 Å². The van der Waals surface area contributed by atoms with Gasteiger partial charge >= 0.3 is 23.9 Å². The predicted octanol–water partition coefficient (Wildman–Crippen LogP) is -1.78. The van der Waals surface area contributed by atoms with E-state index in [4.69, 9.17) is 25.5 Å². The minimum Gasteiger partial charge on any atom is -0.481 e. The molecule has 0 bridgehead atoms. The van der Waals surface area contributed by atoms with Crippen LogP contribution >= 0.6 is 0 Å². The summed E-state index contributed by atoms with van der Waals surface area (Å²) in [6.07, 6.45) is -4.01. The number of carboxylic acids is 4. The summed E-state index contributed by atoms with van der Waals surface area (Å²) in [5.41, 5.74) is -3.23. The van der Waals surface area contributed by atoms with Gasteiger partial charge in [0.2, 0.25) is 0 Å². The maximum absolute atomic E-state index is 10.9. The zero-order valence-electron chi connectivity index (χ0n) is 9.48. The van der Waals surface area contributed by atoms with Crippen molar-refractivity contribution in [1.82, 2.24) is 0 Å². The van der Waals surface area contributed by atoms with E-state index in [1.807, 2.05) is 0 Å². The summed E-state index contributed by atoms with van der Waals surface area (Å²) in [4.78, 5) is 43.1. The van der Waals surface area contributed by atoms with Gasteiger partial charge in [0.25, 0.3) is 5.60 Å². The van der Waals surface area contributed by atoms with Crippen LogP contribution in [0.2, 0.25) is 0 Å². The Labute approximate surface area is 105 Å². The van der Waals surface area contributed by atoms with E-state index < -0.39 is 55.0 Å². The van der Waals surface area contributed by atoms with Crippen molar-refractivity contribution in [2.45, 2.75) is 24.5 Å². The summed E-state index contributed by atoms with van der Waals surface area (Å²) >= 11 is 0. The molecule has 0 aliphatic heterocycles. The highest BCUT2D eigenvalue weighted by Gasteiger charge is 2.52. The van der Waals surface area contributed by atoms with E-state index >= 15 is 0 Å². The Morgan fingerprint density at radius 3 is 1.74 bits per heavy atom. The van der Waals surface area contributed by atoms with Crippen molar-refractivity contribution >= 4 is 23.9 Å². The third kappa shape index (κ3) is 4.19. The van der Waals surface area contributed by atoms with Gasteiger partial charge in [0, 0.05) is 13.0 Å². The smallest absolute Gasteiger partial charge is 0.348 e. The lowest BCUT2D eigenvalue weighted by Crippen LogP contribution is -2.54. The second kappa shape index (κ2) is 6.66. The highest BCUT2D eigenvalue weighted by Crippen LogP contribution is 2.21. The molecule has 10 heteroatoms. The van der Waals surface area contributed by atoms with Crippen LogP contribution in [0, 0.1) is 0 Å². The molecule has 0 saturated heterocycles. The van der Waals surface area contributed by atoms with Gasteiger partial charge in [-0.2, -0.15) is 0 Å². The standard InChI is InChI=1S/C9H12O10/c10-2-1-4(6(13)14)19-9(7(15)16,8(17)18)3-5(11)12/h4,10H,1-3H2,(H,11,12)(H,13,14)(H,15,16)(H,17,18). The first kappa shape index (κ1) is 16.8. The van der Waals surface area contributed by atoms with Gasteiger partial charge in [-0.05, 0) is 0 Å². The van der Waals surface area contributed by atoms with Crippen LogP contribution in [0.5, 0.6) is 0 Å². The van der Waals surface area contributed by atoms with E-state index in [-0.39, 0.29) is 0 Å². The fourth-order valence-corrected chi connectivity index (χ4v) is 1.19. The monoisotopic (exact) mass is 280 g/mol. The average molecular weight is 280 g/mol. The Hall–Kier alpha value is -2.20. The highest BCUT2D eigenvalue weighted by molar-refractivity contribution is 6.05. The minimum absolute atomic E-state index is 0.586. The van der Waals surface area contributed by atoms with Crippen LogP contribution in [-0.2, 0) is 23.9 Å². The zero-order valence-corrected chi connectivity index (χ0v) is 9.48. The molecule has 0 saturated carbocycles. The normalized spacial score (nSPS) is 12.7. The van der Waals surface area contributed by atoms with Crippen LogP contribution in [0.1, 0.15) is 12.8 Å². The van der Waals surface area contributed by atoms with Gasteiger partial charge in [-0.1, -0.05) is 0 Å². The van der Waals surface area contributed by atoms with Crippen LogP contribution in [-0.4, -0.2) is 67.7 Å². The second-order valence-electron chi connectivity index (χ2n) is 3.46. The van der Waals surface area contributed by atoms with Crippen LogP contribution in [0.25, 0.3) is 0 Å². The largest absolute Gasteiger partial charge is 0.481 e. The Bertz CT molecular complexity index is 372. The summed E-state index contributed by atoms with van der Waals surface area (Å²) in [7, 11) is 0. The first-order chi connectivity index (χ1) is 8.67. The first-order valence-electron chi connectivity index (χ1n) is 4.87. The lowest BCUT2D eigenvalue weighted by atomic mass is 9.99. The number of carbonyl (C=O) groups is 4. The first-order valence-corrected chi connectivity index (χ1v) is 4.87. The van der Waals surface area contributed by atoms with E-state index in [0.29, 0.717) is 0 Å². The minimum atomic E-state index is -3.23. The maximum atomic E-state index is 10.9. The predicted molar refractivity (Wildman–Crippen MR) is 54.5 cm³/mol. The van der Waals surface area contributed by atoms with Crippen molar-refractivity contribution in [3.8, 4) is 0 Å². The zero-order chi connectivity index (χ0) is 15.2. The molecule has 10 nitrogen and oxygen atoms in total. The lowest BCUT2D eigenvalue weighted by molar-refractivity contribution is -0.200. The third-order valence-corrected chi connectivity index (χ3v) is 2.10. The topological polar surface area (TPSA) is 179 Å². The third-order valence-electron chi connectivity index (χ3n) is 2.10. The Morgan fingerprint density at radius 1 is 1.00 bits per heavy atom. The van der Waals surface area contributed by atoms with Crippen molar-refractivity contribution in [3.63, 3.8) is 0 Å². The number of carboxylic acid groups (broad SMARTS) is 4. The lowest BCUT2D eigenvalue weighted by Gasteiger charge is -2.26. The Balaban J connectivity index is 5.44. The molecule has 0 aromatic heterocycles. The Morgan fingerprint density at radius 2 is 1.47 bits per heavy atom. The molecule has 1 unspecified atom stereocenters. The molecule has 0 spiro atoms. The van der Waals surface area contributed by atoms with E-state index in [1.165, 1.54) is 0 Å². The van der Waals surface area contributed by atoms with Gasteiger partial charge in [0.05, 0.1) is 6.42 Å². The van der Waals surface area contributed by atoms with Crippen molar-refractivity contribution < 1.29 is 49.4 Å². The fourth-order valence-electron chi connectivity index (χ4n) is 1.19. The number of aliphatic hydroxyl groups excluding tert-OH is 1. The molecule has 0 fully saturated rings. The van der Waals surface area contributed by atoms with Gasteiger partial charge in [0.15, 0.2) is 6.10 Å². The van der Waals surface area contributed by atoms with Crippen LogP contribution < -0.4 is 0 Å². The second-order valence-corrected chi connectivity index (χ2v) is 3.46. The highest BCUT2D eigenvalue weighted by atomic mass is 16.6. The van der Waals surface area contributed by atoms with Crippen molar-refractivity contribution in [2.75, 3.05) is 6.61 Å². The van der Waals surface area contributed by atoms with E-state index in [1.54, 1.807) is 0 Å². The van der Waals surface area contributed by atoms with Gasteiger partial charge < -0.3 is 30.3 Å². The molecule has 0 aromatic carbocycles. The molecule has 1 atom stereocenters. The average Bonchev–Trinajstić information content (AvgIpc) is 2.25. The molecule has 0 radical (unpaired) electrons. The van der Waals surface area contributed by atoms with Crippen LogP contribution in [0.15, 0.2) is 0 Å². The van der Waals surface area contributed by atoms with E-state index in [9.17, 15) is 19.2 Å². The molecule has 108 valence electrons. The molecule has 5 N–H and O–H groups in total. The van der Waals surface area contributed by atoms with Crippen LogP contribution in [0.3, 0.4) is 0 Å².